The molecule has 1 aromatic rings. The SMILES string of the molecule is CC(=O)OCC1(C)C=C2C(=O)C(C)(O)C3(CC3)C(C)=C2C1OC(=O)N(C)CCN(C)C(=O)OCc1ccc(NC(=O)[C@H](CCCNC(N)=O)NC(=O)[C@@H](N)C(C)C)cc1. The number of fused-ring (bicyclic) bond motifs is 1. The molecule has 3 aliphatic carbocycles. The molecule has 3 unspecified atom stereocenters. The number of ketones is 1. The second-order valence-corrected chi connectivity index (χ2v) is 16.5. The topological polar surface area (TPSA) is 262 Å². The van der Waals surface area contributed by atoms with Crippen molar-refractivity contribution in [3.8, 4) is 0 Å². The maximum atomic E-state index is 13.6. The monoisotopic (exact) mass is 825 g/mol. The lowest BCUT2D eigenvalue weighted by molar-refractivity contribution is -0.144. The first-order chi connectivity index (χ1) is 27.5. The summed E-state index contributed by atoms with van der Waals surface area (Å²) in [5.41, 5.74) is 10.2. The number of primary amides is 1. The highest BCUT2D eigenvalue weighted by Gasteiger charge is 2.67. The maximum Gasteiger partial charge on any atom is 0.410 e. The number of ether oxygens (including phenoxy) is 3. The molecule has 1 aromatic carbocycles. The van der Waals surface area contributed by atoms with Crippen LogP contribution in [0.4, 0.5) is 20.1 Å². The molecule has 0 radical (unpaired) electrons. The zero-order valence-electron chi connectivity index (χ0n) is 35.1. The molecule has 0 saturated heterocycles. The summed E-state index contributed by atoms with van der Waals surface area (Å²) in [6, 6.07) is 4.11. The summed E-state index contributed by atoms with van der Waals surface area (Å²) < 4.78 is 16.9. The molecule has 1 saturated carbocycles. The number of nitrogens with two attached hydrogens (primary N) is 2. The number of likely N-dealkylation sites (N-methyl/N-ethyl adjacent to an activating group) is 2. The number of nitrogens with one attached hydrogen (secondary N) is 3. The maximum absolute atomic E-state index is 13.6. The van der Waals surface area contributed by atoms with Crippen LogP contribution in [0.25, 0.3) is 0 Å². The third-order valence-corrected chi connectivity index (χ3v) is 11.5. The normalized spacial score (nSPS) is 22.4. The van der Waals surface area contributed by atoms with E-state index >= 15 is 0 Å². The third-order valence-electron chi connectivity index (χ3n) is 11.5. The first kappa shape index (κ1) is 46.2. The predicted molar refractivity (Wildman–Crippen MR) is 215 cm³/mol. The van der Waals surface area contributed by atoms with E-state index in [1.165, 1.54) is 37.7 Å². The van der Waals surface area contributed by atoms with E-state index in [0.29, 0.717) is 36.1 Å². The number of benzene rings is 1. The van der Waals surface area contributed by atoms with Crippen LogP contribution in [0, 0.1) is 16.7 Å². The van der Waals surface area contributed by atoms with Gasteiger partial charge < -0.3 is 56.5 Å². The van der Waals surface area contributed by atoms with Crippen LogP contribution in [-0.2, 0) is 40.0 Å². The van der Waals surface area contributed by atoms with Crippen LogP contribution >= 0.6 is 0 Å². The average molecular weight is 826 g/mol. The highest BCUT2D eigenvalue weighted by atomic mass is 16.6. The summed E-state index contributed by atoms with van der Waals surface area (Å²) in [7, 11) is 3.02. The van der Waals surface area contributed by atoms with Crippen LogP contribution in [0.3, 0.4) is 0 Å². The van der Waals surface area contributed by atoms with Crippen LogP contribution < -0.4 is 27.4 Å². The minimum Gasteiger partial charge on any atom is -0.465 e. The van der Waals surface area contributed by atoms with Gasteiger partial charge in [-0.2, -0.15) is 0 Å². The van der Waals surface area contributed by atoms with Crippen molar-refractivity contribution >= 4 is 47.5 Å². The molecule has 0 heterocycles. The fraction of sp³-hybridized carbons (Fsp3) is 0.585. The van der Waals surface area contributed by atoms with Crippen LogP contribution in [0.2, 0.25) is 0 Å². The van der Waals surface area contributed by atoms with E-state index in [4.69, 9.17) is 25.7 Å². The largest absolute Gasteiger partial charge is 0.465 e. The molecule has 59 heavy (non-hydrogen) atoms. The minimum absolute atomic E-state index is 0.0641. The van der Waals surface area contributed by atoms with Crippen molar-refractivity contribution in [2.75, 3.05) is 45.7 Å². The molecule has 324 valence electrons. The van der Waals surface area contributed by atoms with E-state index in [1.54, 1.807) is 51.1 Å². The molecule has 8 N–H and O–H groups in total. The van der Waals surface area contributed by atoms with Gasteiger partial charge in [0.25, 0.3) is 0 Å². The predicted octanol–water partition coefficient (Wildman–Crippen LogP) is 2.49. The van der Waals surface area contributed by atoms with Gasteiger partial charge in [0.2, 0.25) is 11.8 Å². The summed E-state index contributed by atoms with van der Waals surface area (Å²) in [6.45, 7) is 10.0. The van der Waals surface area contributed by atoms with E-state index in [-0.39, 0.29) is 50.8 Å². The lowest BCUT2D eigenvalue weighted by atomic mass is 9.67. The number of urea groups is 1. The Morgan fingerprint density at radius 2 is 1.58 bits per heavy atom. The van der Waals surface area contributed by atoms with Crippen molar-refractivity contribution in [2.24, 2.45) is 28.2 Å². The van der Waals surface area contributed by atoms with E-state index in [0.717, 1.165) is 5.57 Å². The number of amides is 6. The Hall–Kier alpha value is -5.49. The number of carbonyl (C=O) groups is 7. The van der Waals surface area contributed by atoms with Gasteiger partial charge in [0.05, 0.1) is 11.5 Å². The number of carbonyl (C=O) groups excluding carboxylic acids is 7. The molecule has 5 atom stereocenters. The molecule has 3 aliphatic rings. The second-order valence-electron chi connectivity index (χ2n) is 16.5. The Bertz CT molecular complexity index is 1870. The number of anilines is 1. The van der Waals surface area contributed by atoms with E-state index < -0.39 is 76.4 Å². The van der Waals surface area contributed by atoms with Crippen LogP contribution in [0.15, 0.2) is 47.1 Å². The van der Waals surface area contributed by atoms with Gasteiger partial charge >= 0.3 is 24.2 Å². The second kappa shape index (κ2) is 18.6. The molecule has 18 nitrogen and oxygen atoms in total. The zero-order chi connectivity index (χ0) is 44.0. The molecule has 1 fully saturated rings. The molecule has 18 heteroatoms. The molecule has 6 amide bonds. The minimum atomic E-state index is -1.62. The van der Waals surface area contributed by atoms with Crippen LogP contribution in [-0.4, -0.2) is 121 Å². The van der Waals surface area contributed by atoms with E-state index in [2.05, 4.69) is 16.0 Å². The standard InChI is InChI=1S/C41H59N7O11/c1-23(2)31(42)35(52)46-29(10-9-17-44-36(43)53)34(51)45-27-13-11-26(12-14-27)21-57-37(54)47(7)18-19-48(8)38(55)59-33-30-24(3)41(15-16-41)40(6,56)32(50)28(30)20-39(33,5)22-58-25(4)49/h11-14,20,23,29,31,33,56H,9-10,15-19,21-22,42H2,1-8H3,(H,45,51)(H,46,52)(H3,43,44,53)/t29-,31-,33?,39?,40?/m0/s1. The Morgan fingerprint density at radius 3 is 2.14 bits per heavy atom. The Balaban J connectivity index is 1.30. The van der Waals surface area contributed by atoms with Gasteiger partial charge in [-0.15, -0.1) is 0 Å². The smallest absolute Gasteiger partial charge is 0.410 e. The number of hydrogen-bond donors (Lipinski definition) is 6. The third kappa shape index (κ3) is 10.6. The lowest BCUT2D eigenvalue weighted by Gasteiger charge is -2.40. The lowest BCUT2D eigenvalue weighted by Crippen LogP contribution is -2.51. The van der Waals surface area contributed by atoms with Crippen molar-refractivity contribution in [1.82, 2.24) is 20.4 Å². The Morgan fingerprint density at radius 1 is 0.966 bits per heavy atom. The summed E-state index contributed by atoms with van der Waals surface area (Å²) in [5, 5.41) is 19.2. The fourth-order valence-electron chi connectivity index (χ4n) is 7.40. The van der Waals surface area contributed by atoms with Crippen molar-refractivity contribution in [3.05, 3.63) is 52.6 Å². The fourth-order valence-corrected chi connectivity index (χ4v) is 7.40. The van der Waals surface area contributed by atoms with Gasteiger partial charge in [-0.1, -0.05) is 37.6 Å². The molecular formula is C41H59N7O11. The molecule has 1 spiro atoms. The van der Waals surface area contributed by atoms with E-state index in [9.17, 15) is 38.7 Å². The molecule has 0 bridgehead atoms. The van der Waals surface area contributed by atoms with Crippen LogP contribution in [0.5, 0.6) is 0 Å². The number of esters is 1. The summed E-state index contributed by atoms with van der Waals surface area (Å²) in [4.78, 5) is 91.2. The van der Waals surface area contributed by atoms with Crippen molar-refractivity contribution < 1.29 is 52.9 Å². The van der Waals surface area contributed by atoms with Gasteiger partial charge in [-0.05, 0) is 70.1 Å². The van der Waals surface area contributed by atoms with Gasteiger partial charge in [-0.25, -0.2) is 14.4 Å². The molecule has 4 rings (SSSR count). The average Bonchev–Trinajstić information content (AvgIpc) is 3.95. The zero-order valence-corrected chi connectivity index (χ0v) is 35.1. The molecule has 0 aliphatic heterocycles. The van der Waals surface area contributed by atoms with Crippen molar-refractivity contribution in [3.63, 3.8) is 0 Å². The number of hydrogen-bond acceptors (Lipinski definition) is 12. The first-order valence-corrected chi connectivity index (χ1v) is 19.7. The Labute approximate surface area is 344 Å². The summed E-state index contributed by atoms with van der Waals surface area (Å²) in [6.07, 6.45) is 1.07. The number of aliphatic hydroxyl groups is 1. The van der Waals surface area contributed by atoms with Crippen molar-refractivity contribution in [2.45, 2.75) is 97.6 Å². The van der Waals surface area contributed by atoms with Gasteiger partial charge in [-0.3, -0.25) is 19.2 Å². The van der Waals surface area contributed by atoms with Crippen LogP contribution in [0.1, 0.15) is 72.8 Å². The Kier molecular flexibility index (Phi) is 14.6. The van der Waals surface area contributed by atoms with Gasteiger partial charge in [0.1, 0.15) is 31.0 Å². The highest BCUT2D eigenvalue weighted by molar-refractivity contribution is 6.09. The first-order valence-electron chi connectivity index (χ1n) is 19.7. The quantitative estimate of drug-likeness (QED) is 0.0752. The van der Waals surface area contributed by atoms with Gasteiger partial charge in [0, 0.05) is 62.9 Å². The number of nitrogens with zero attached hydrogens (tertiary/aromatic N) is 2. The highest BCUT2D eigenvalue weighted by Crippen LogP contribution is 2.65. The number of Topliss-reactive ketones (excluding diaryl/α,β-unsaturated/α-hetero) is 1. The molecular weight excluding hydrogens is 766 g/mol. The van der Waals surface area contributed by atoms with Gasteiger partial charge in [0.15, 0.2) is 5.78 Å². The number of rotatable bonds is 17. The summed E-state index contributed by atoms with van der Waals surface area (Å²) in [5.74, 6) is -2.11. The summed E-state index contributed by atoms with van der Waals surface area (Å²) >= 11 is 0. The van der Waals surface area contributed by atoms with Crippen molar-refractivity contribution in [1.29, 1.82) is 0 Å². The molecule has 0 aromatic heterocycles. The van der Waals surface area contributed by atoms with E-state index in [1.807, 2.05) is 6.92 Å².